The molecule has 1 saturated heterocycles. The maximum absolute atomic E-state index is 12.5. The Kier molecular flexibility index (Phi) is 6.94. The molecule has 0 radical (unpaired) electrons. The van der Waals surface area contributed by atoms with Gasteiger partial charge >= 0.3 is 5.97 Å². The normalized spacial score (nSPS) is 28.4. The molecule has 2 rings (SSSR count). The van der Waals surface area contributed by atoms with Crippen molar-refractivity contribution in [2.75, 3.05) is 7.11 Å². The van der Waals surface area contributed by atoms with E-state index in [9.17, 15) is 19.8 Å². The molecule has 0 saturated carbocycles. The highest BCUT2D eigenvalue weighted by molar-refractivity contribution is 5.89. The van der Waals surface area contributed by atoms with E-state index in [2.05, 4.69) is 5.32 Å². The molecule has 1 aromatic carbocycles. The number of carbonyl (C=O) groups excluding carboxylic acids is 2. The first-order chi connectivity index (χ1) is 12.6. The van der Waals surface area contributed by atoms with Crippen LogP contribution in [0.25, 0.3) is 0 Å². The van der Waals surface area contributed by atoms with Crippen LogP contribution in [0.15, 0.2) is 30.3 Å². The molecule has 0 spiro atoms. The summed E-state index contributed by atoms with van der Waals surface area (Å²) in [6, 6.07) is 7.62. The third-order valence-corrected chi connectivity index (χ3v) is 4.26. The number of hydrogen-bond acceptors (Lipinski definition) is 7. The van der Waals surface area contributed by atoms with Crippen molar-refractivity contribution in [1.82, 2.24) is 5.32 Å². The van der Waals surface area contributed by atoms with Crippen molar-refractivity contribution in [2.45, 2.75) is 63.4 Å². The summed E-state index contributed by atoms with van der Waals surface area (Å²) in [6.07, 6.45) is -4.07. The number of carbonyl (C=O) groups is 2. The van der Waals surface area contributed by atoms with Gasteiger partial charge in [-0.1, -0.05) is 18.2 Å². The van der Waals surface area contributed by atoms with Gasteiger partial charge in [-0.05, 0) is 32.9 Å². The summed E-state index contributed by atoms with van der Waals surface area (Å²) in [4.78, 5) is 24.8. The van der Waals surface area contributed by atoms with Gasteiger partial charge in [0.15, 0.2) is 12.4 Å². The molecule has 0 unspecified atom stereocenters. The first-order valence-corrected chi connectivity index (χ1v) is 8.76. The molecule has 1 heterocycles. The van der Waals surface area contributed by atoms with E-state index in [0.717, 1.165) is 0 Å². The van der Waals surface area contributed by atoms with Crippen LogP contribution in [-0.4, -0.2) is 65.4 Å². The predicted molar refractivity (Wildman–Crippen MR) is 95.8 cm³/mol. The number of esters is 1. The minimum absolute atomic E-state index is 0.143. The van der Waals surface area contributed by atoms with Crippen molar-refractivity contribution in [3.8, 4) is 0 Å². The molecule has 1 aliphatic rings. The third kappa shape index (κ3) is 5.74. The van der Waals surface area contributed by atoms with E-state index in [1.165, 1.54) is 21.0 Å². The Morgan fingerprint density at radius 3 is 2.41 bits per heavy atom. The fourth-order valence-corrected chi connectivity index (χ4v) is 3.00. The molecule has 3 N–H and O–H groups in total. The Labute approximate surface area is 158 Å². The van der Waals surface area contributed by atoms with Crippen LogP contribution in [0.1, 0.15) is 37.6 Å². The molecule has 1 amide bonds. The van der Waals surface area contributed by atoms with Crippen LogP contribution in [0.3, 0.4) is 0 Å². The molecule has 0 bridgehead atoms. The Balaban J connectivity index is 2.21. The van der Waals surface area contributed by atoms with Crippen LogP contribution < -0.4 is 5.32 Å². The molecule has 8 nitrogen and oxygen atoms in total. The molecular weight excluding hydrogens is 354 g/mol. The number of aliphatic hydroxyl groups excluding tert-OH is 1. The molecule has 27 heavy (non-hydrogen) atoms. The van der Waals surface area contributed by atoms with Crippen LogP contribution >= 0.6 is 0 Å². The van der Waals surface area contributed by atoms with E-state index < -0.39 is 48.1 Å². The van der Waals surface area contributed by atoms with Crippen molar-refractivity contribution < 1.29 is 34.0 Å². The predicted octanol–water partition coefficient (Wildman–Crippen LogP) is 0.610. The van der Waals surface area contributed by atoms with Crippen LogP contribution in [0.5, 0.6) is 0 Å². The number of nitrogens with one attached hydrogen (secondary N) is 1. The Bertz CT molecular complexity index is 643. The molecule has 5 atom stereocenters. The summed E-state index contributed by atoms with van der Waals surface area (Å²) < 4.78 is 16.3. The first kappa shape index (κ1) is 21.3. The van der Waals surface area contributed by atoms with Crippen molar-refractivity contribution in [1.29, 1.82) is 0 Å². The largest absolute Gasteiger partial charge is 0.453 e. The smallest absolute Gasteiger partial charge is 0.338 e. The molecule has 1 aliphatic heterocycles. The summed E-state index contributed by atoms with van der Waals surface area (Å²) in [5, 5.41) is 22.7. The fraction of sp³-hybridized carbons (Fsp3) is 0.579. The maximum atomic E-state index is 12.5. The molecular formula is C19H27NO7. The summed E-state index contributed by atoms with van der Waals surface area (Å²) in [5.74, 6) is -1.04. The third-order valence-electron chi connectivity index (χ3n) is 4.26. The van der Waals surface area contributed by atoms with Crippen LogP contribution in [0.2, 0.25) is 0 Å². The average Bonchev–Trinajstić information content (AvgIpc) is 2.57. The van der Waals surface area contributed by atoms with Crippen molar-refractivity contribution >= 4 is 11.9 Å². The van der Waals surface area contributed by atoms with Gasteiger partial charge in [-0.15, -0.1) is 0 Å². The number of aliphatic hydroxyl groups is 2. The number of benzene rings is 1. The molecule has 0 aliphatic carbocycles. The number of ether oxygens (including phenoxy) is 3. The van der Waals surface area contributed by atoms with E-state index in [-0.39, 0.29) is 6.42 Å². The highest BCUT2D eigenvalue weighted by atomic mass is 16.7. The summed E-state index contributed by atoms with van der Waals surface area (Å²) in [5.41, 5.74) is -0.860. The zero-order valence-corrected chi connectivity index (χ0v) is 15.9. The van der Waals surface area contributed by atoms with Gasteiger partial charge < -0.3 is 29.7 Å². The SMILES string of the molecule is CO[C@@H]1[C@@H](OC(=O)c2ccccc2)[C@H](NC(=O)CC(C)(C)O)[C@@H](C)O[C@@H]1O. The lowest BCUT2D eigenvalue weighted by Gasteiger charge is -2.43. The fourth-order valence-electron chi connectivity index (χ4n) is 3.00. The van der Waals surface area contributed by atoms with Crippen LogP contribution in [-0.2, 0) is 19.0 Å². The van der Waals surface area contributed by atoms with Gasteiger partial charge in [0.1, 0.15) is 6.10 Å². The first-order valence-electron chi connectivity index (χ1n) is 8.76. The van der Waals surface area contributed by atoms with E-state index in [1.54, 1.807) is 37.3 Å². The molecule has 1 aromatic rings. The minimum Gasteiger partial charge on any atom is -0.453 e. The summed E-state index contributed by atoms with van der Waals surface area (Å²) >= 11 is 0. The van der Waals surface area contributed by atoms with Gasteiger partial charge in [0.2, 0.25) is 5.91 Å². The molecule has 150 valence electrons. The van der Waals surface area contributed by atoms with Gasteiger partial charge in [0.25, 0.3) is 0 Å². The highest BCUT2D eigenvalue weighted by Crippen LogP contribution is 2.25. The lowest BCUT2D eigenvalue weighted by molar-refractivity contribution is -0.259. The van der Waals surface area contributed by atoms with E-state index >= 15 is 0 Å². The van der Waals surface area contributed by atoms with Gasteiger partial charge in [0, 0.05) is 7.11 Å². The van der Waals surface area contributed by atoms with Crippen molar-refractivity contribution in [2.24, 2.45) is 0 Å². The zero-order valence-electron chi connectivity index (χ0n) is 15.9. The number of methoxy groups -OCH3 is 1. The second-order valence-corrected chi connectivity index (χ2v) is 7.25. The minimum atomic E-state index is -1.32. The molecule has 0 aromatic heterocycles. The Morgan fingerprint density at radius 1 is 1.22 bits per heavy atom. The quantitative estimate of drug-likeness (QED) is 0.619. The molecule has 8 heteroatoms. The Hall–Kier alpha value is -2.00. The lowest BCUT2D eigenvalue weighted by Crippen LogP contribution is -2.64. The van der Waals surface area contributed by atoms with E-state index in [0.29, 0.717) is 5.56 Å². The van der Waals surface area contributed by atoms with Crippen molar-refractivity contribution in [3.05, 3.63) is 35.9 Å². The maximum Gasteiger partial charge on any atom is 0.338 e. The van der Waals surface area contributed by atoms with Crippen LogP contribution in [0, 0.1) is 0 Å². The standard InChI is InChI=1S/C19H27NO7/c1-11-14(20-13(21)10-19(2,3)24)15(16(25-4)18(23)26-11)27-17(22)12-8-6-5-7-9-12/h5-9,11,14-16,18,23-24H,10H2,1-4H3,(H,20,21)/t11-,14-,15+,16-,18+/m1/s1. The highest BCUT2D eigenvalue weighted by Gasteiger charge is 2.47. The monoisotopic (exact) mass is 381 g/mol. The average molecular weight is 381 g/mol. The summed E-state index contributed by atoms with van der Waals surface area (Å²) in [6.45, 7) is 4.68. The van der Waals surface area contributed by atoms with Crippen LogP contribution in [0.4, 0.5) is 0 Å². The number of amides is 1. The van der Waals surface area contributed by atoms with E-state index in [4.69, 9.17) is 14.2 Å². The summed E-state index contributed by atoms with van der Waals surface area (Å²) in [7, 11) is 1.35. The second kappa shape index (κ2) is 8.79. The van der Waals surface area contributed by atoms with Gasteiger partial charge in [-0.25, -0.2) is 4.79 Å². The number of hydrogen-bond donors (Lipinski definition) is 3. The lowest BCUT2D eigenvalue weighted by atomic mass is 9.95. The van der Waals surface area contributed by atoms with Crippen molar-refractivity contribution in [3.63, 3.8) is 0 Å². The van der Waals surface area contributed by atoms with Gasteiger partial charge in [-0.3, -0.25) is 4.79 Å². The second-order valence-electron chi connectivity index (χ2n) is 7.25. The van der Waals surface area contributed by atoms with E-state index in [1.807, 2.05) is 0 Å². The van der Waals surface area contributed by atoms with Gasteiger partial charge in [0.05, 0.1) is 29.7 Å². The number of rotatable bonds is 6. The Morgan fingerprint density at radius 2 is 1.85 bits per heavy atom. The topological polar surface area (TPSA) is 114 Å². The zero-order chi connectivity index (χ0) is 20.2. The van der Waals surface area contributed by atoms with Gasteiger partial charge in [-0.2, -0.15) is 0 Å². The molecule has 1 fully saturated rings.